The summed E-state index contributed by atoms with van der Waals surface area (Å²) in [6, 6.07) is 20.1. The molecule has 5 unspecified atom stereocenters. The van der Waals surface area contributed by atoms with Crippen molar-refractivity contribution in [1.29, 1.82) is 0 Å². The number of hydrogen-bond donors (Lipinski definition) is 9. The minimum Gasteiger partial charge on any atom is -0.766 e. The number of azide groups is 2. The minimum absolute atomic E-state index is 0. The quantitative estimate of drug-likeness (QED) is 0.00461. The van der Waals surface area contributed by atoms with Gasteiger partial charge in [0.2, 0.25) is 7.75 Å². The van der Waals surface area contributed by atoms with Crippen LogP contribution in [0.2, 0.25) is 0 Å². The second-order valence-electron chi connectivity index (χ2n) is 25.2. The van der Waals surface area contributed by atoms with Crippen molar-refractivity contribution >= 4 is 137 Å². The number of carbonyl (C=O) groups is 4. The number of rotatable bonds is 33. The van der Waals surface area contributed by atoms with Crippen molar-refractivity contribution in [3.63, 3.8) is 0 Å². The third kappa shape index (κ3) is 47.3. The molecule has 4 heterocycles. The van der Waals surface area contributed by atoms with Crippen LogP contribution in [0.4, 0.5) is 0 Å². The average Bonchev–Trinajstić information content (AvgIpc) is 1.66. The Kier molecular flexibility index (Phi) is 55.4. The van der Waals surface area contributed by atoms with E-state index in [2.05, 4.69) is 109 Å². The number of nitrogens with zero attached hydrogens (tertiary/aromatic N) is 8. The van der Waals surface area contributed by atoms with Gasteiger partial charge in [-0.25, -0.2) is 33.5 Å². The summed E-state index contributed by atoms with van der Waals surface area (Å²) in [5, 5.41) is 28.3. The first kappa shape index (κ1) is 118. The highest BCUT2D eigenvalue weighted by Gasteiger charge is 2.41. The third-order valence-electron chi connectivity index (χ3n) is 16.1. The fourth-order valence-electron chi connectivity index (χ4n) is 9.59. The van der Waals surface area contributed by atoms with Crippen molar-refractivity contribution in [2.75, 3.05) is 82.6 Å². The number of benzene rings is 4. The van der Waals surface area contributed by atoms with Crippen molar-refractivity contribution in [1.82, 2.24) is 34.4 Å². The van der Waals surface area contributed by atoms with Crippen molar-refractivity contribution < 1.29 is 127 Å². The predicted molar refractivity (Wildman–Crippen MR) is 471 cm³/mol. The maximum atomic E-state index is 13.6. The molecule has 13 atom stereocenters. The highest BCUT2D eigenvalue weighted by atomic mass is 36.0. The van der Waals surface area contributed by atoms with Crippen LogP contribution in [-0.2, 0) is 74.7 Å². The number of quaternary nitrogens is 1. The molecule has 45 nitrogen and oxygen atoms in total. The SMILES string of the molecule is CC[NH+](CC)CC.COC(=O)[C@H](C)N.COC(=O)[C@H](C)NP(=O)(Cl)Oc1ccc(OC)cc1.COC(=O)[C@H](C)NP(=O)(OC[C@H]1O[C@@H](n2cc(C)c(=O)[nH]c2=O)CC1N=[N+]=[N-])Oc1ccc(OC)cc1.COc1ccc(O)cc1.COc1ccc(OP(=O)(Cl)Cl)cc1.Cc1cn([C@H]2CC(N=[N+]=[N-])[C@@H](COP(=O)([O-])N[C@@H](C)C(=O)O)O2)c(=O)[nH]c1=O.Cl.O=P(Cl)(Cl)Cl. The topological polar surface area (TPSA) is 620 Å². The van der Waals surface area contributed by atoms with Gasteiger partial charge in [-0.2, -0.15) is 5.09 Å². The van der Waals surface area contributed by atoms with E-state index < -0.39 is 148 Å². The lowest BCUT2D eigenvalue weighted by Crippen LogP contribution is -3.11. The maximum Gasteiger partial charge on any atom is 0.459 e. The third-order valence-corrected chi connectivity index (χ3v) is 21.4. The number of carbonyl (C=O) groups excluding carboxylic acids is 3. The fourth-order valence-corrected chi connectivity index (χ4v) is 14.6. The number of aromatic amines is 2. The zero-order chi connectivity index (χ0) is 95.3. The molecule has 0 bridgehead atoms. The lowest BCUT2D eigenvalue weighted by molar-refractivity contribution is -0.894. The van der Waals surface area contributed by atoms with Crippen molar-refractivity contribution in [3.8, 4) is 46.0 Å². The smallest absolute Gasteiger partial charge is 0.459 e. The highest BCUT2D eigenvalue weighted by Crippen LogP contribution is 2.61. The number of carboxylic acid groups (broad SMARTS) is 1. The lowest BCUT2D eigenvalue weighted by Gasteiger charge is -2.28. The second-order valence-corrected chi connectivity index (χ2v) is 41.9. The summed E-state index contributed by atoms with van der Waals surface area (Å²) in [5.74, 6) is 0.588. The number of methoxy groups -OCH3 is 7. The fraction of sp³-hybridized carbons (Fsp3) is 0.478. The number of aryl methyl sites for hydroxylation is 2. The molecule has 2 aliphatic rings. The molecule has 0 spiro atoms. The number of carboxylic acids is 1. The van der Waals surface area contributed by atoms with Gasteiger partial charge >= 0.3 is 61.1 Å². The molecule has 10 N–H and O–H groups in total. The Morgan fingerprint density at radius 2 is 0.881 bits per heavy atom. The normalized spacial score (nSPS) is 17.6. The van der Waals surface area contributed by atoms with Gasteiger partial charge in [-0.1, -0.05) is 10.2 Å². The van der Waals surface area contributed by atoms with E-state index in [0.717, 1.165) is 17.2 Å². The van der Waals surface area contributed by atoms with E-state index >= 15 is 0 Å². The highest BCUT2D eigenvalue weighted by molar-refractivity contribution is 8.24. The largest absolute Gasteiger partial charge is 0.766 e. The Hall–Kier alpha value is -8.08. The maximum absolute atomic E-state index is 13.6. The Balaban J connectivity index is 0.00000155. The number of aromatic nitrogens is 4. The minimum atomic E-state index is -4.73. The first-order valence-electron chi connectivity index (χ1n) is 36.3. The molecular formula is C69H101Cl7N15O30P5. The van der Waals surface area contributed by atoms with E-state index in [4.69, 9.17) is 112 Å². The molecule has 2 fully saturated rings. The zero-order valence-corrected chi connectivity index (χ0v) is 80.3. The number of ether oxygens (including phenoxy) is 9. The van der Waals surface area contributed by atoms with Crippen LogP contribution < -0.4 is 85.8 Å². The van der Waals surface area contributed by atoms with Crippen molar-refractivity contribution in [2.45, 2.75) is 136 Å². The summed E-state index contributed by atoms with van der Waals surface area (Å²) in [5.41, 5.74) is 20.8. The summed E-state index contributed by atoms with van der Waals surface area (Å²) in [4.78, 5) is 115. The van der Waals surface area contributed by atoms with Crippen LogP contribution in [0.1, 0.15) is 84.9 Å². The molecule has 2 saturated heterocycles. The number of nitrogens with two attached hydrogens (primary N) is 1. The Morgan fingerprint density at radius 3 is 1.18 bits per heavy atom. The molecule has 126 heavy (non-hydrogen) atoms. The molecule has 706 valence electrons. The van der Waals surface area contributed by atoms with E-state index in [9.17, 15) is 66.1 Å². The molecule has 0 radical (unpaired) electrons. The van der Waals surface area contributed by atoms with E-state index in [-0.39, 0.29) is 53.8 Å². The van der Waals surface area contributed by atoms with Gasteiger partial charge in [0.05, 0.1) is 107 Å². The van der Waals surface area contributed by atoms with Gasteiger partial charge < -0.3 is 86.5 Å². The van der Waals surface area contributed by atoms with Crippen LogP contribution in [-0.4, -0.2) is 184 Å². The molecule has 8 rings (SSSR count). The van der Waals surface area contributed by atoms with Gasteiger partial charge in [-0.15, -0.1) is 12.4 Å². The number of nitrogens with one attached hydrogen (secondary N) is 6. The summed E-state index contributed by atoms with van der Waals surface area (Å²) in [6.45, 7) is 14.4. The van der Waals surface area contributed by atoms with E-state index in [1.807, 2.05) is 5.09 Å². The van der Waals surface area contributed by atoms with Gasteiger partial charge in [0.15, 0.2) is 0 Å². The van der Waals surface area contributed by atoms with Crippen molar-refractivity contribution in [2.24, 2.45) is 16.0 Å². The molecule has 0 saturated carbocycles. The van der Waals surface area contributed by atoms with Crippen LogP contribution in [0, 0.1) is 13.8 Å². The van der Waals surface area contributed by atoms with Gasteiger partial charge in [-0.05, 0) is 204 Å². The first-order valence-corrected chi connectivity index (χ1v) is 49.8. The molecule has 0 amide bonds. The molecule has 0 aliphatic carbocycles. The molecular weight excluding hydrogens is 1920 g/mol. The number of phenols is 1. The predicted octanol–water partition coefficient (Wildman–Crippen LogP) is 11.8. The number of aromatic hydroxyl groups is 1. The Bertz CT molecular complexity index is 4960. The number of esters is 3. The Morgan fingerprint density at radius 1 is 0.556 bits per heavy atom. The van der Waals surface area contributed by atoms with E-state index in [0.29, 0.717) is 28.7 Å². The van der Waals surface area contributed by atoms with Gasteiger partial charge in [0.25, 0.3) is 11.1 Å². The van der Waals surface area contributed by atoms with Gasteiger partial charge in [0, 0.05) is 79.9 Å². The summed E-state index contributed by atoms with van der Waals surface area (Å²) < 4.78 is 130. The standard InChI is InChI=1S/C21H27N6O9P.C13H19N6O8P.C11H15ClNO5P.C7H7Cl2O3P.C7H8O2.C6H15N.C4H9NO2.Cl3OP.ClH/c1-12-10-27(21(30)23-19(12)28)18-9-16(24-26-22)17(35-18)11-34-37(31,25-13(2)20(29)33-4)36-15-7-5-14(32-3)6-8-15;1-6-4-19(13(23)15-11(6)20)10-3-8(16-18-14)9(27-10)5-26-28(24,25)17-7(2)12(21)22;1-8(11(14)17-3)13-19(12,15)18-10-6-4-9(16-2)5-7-10;1-11-6-2-4-7(5-3-6)12-13(8,9)10;1-9-7-4-2-6(8)3-5-7;1-4-7(5-2)6-3;1-3(5)4(6)7-2;1-5(2,3)4;/h5-8,10,13,16-18H,9,11H2,1-4H3,(H,25,31)(H,23,28,30);4,7-10H,3,5H2,1-2H3,(H,21,22)(H,15,20,23)(H2,17,24,25);4-8H,1-3H3,(H,13,15);2-5H,1H3;2-5,8H,1H3;4-6H2,1-3H3;3H,5H2,1-2H3;;1H/t13-,16?,17+,18+,37?;7-,8?,9+,10+;8-,19?;;;;3-;;/m000...0../s1. The molecule has 2 aromatic heterocycles. The first-order chi connectivity index (χ1) is 58.4. The van der Waals surface area contributed by atoms with Crippen LogP contribution in [0.3, 0.4) is 0 Å². The molecule has 2 aliphatic heterocycles. The van der Waals surface area contributed by atoms with Gasteiger partial charge in [0.1, 0.15) is 82.6 Å². The van der Waals surface area contributed by atoms with Crippen LogP contribution in [0.25, 0.3) is 20.9 Å². The van der Waals surface area contributed by atoms with Crippen molar-refractivity contribution in [3.05, 3.63) is 183 Å². The lowest BCUT2D eigenvalue weighted by atomic mass is 10.1. The number of H-pyrrole nitrogens is 2. The van der Waals surface area contributed by atoms with Crippen LogP contribution in [0.5, 0.6) is 46.0 Å². The number of hydrogen-bond acceptors (Lipinski definition) is 32. The van der Waals surface area contributed by atoms with E-state index in [1.54, 1.807) is 111 Å². The average molecular weight is 2020 g/mol. The summed E-state index contributed by atoms with van der Waals surface area (Å²) >= 11 is 30.0. The second kappa shape index (κ2) is 59.2. The molecule has 6 aromatic rings. The van der Waals surface area contributed by atoms with E-state index in [1.165, 1.54) is 112 Å². The summed E-state index contributed by atoms with van der Waals surface area (Å²) in [6.07, 6.45) is -4.57. The van der Waals surface area contributed by atoms with Crippen LogP contribution in [0.15, 0.2) is 139 Å². The molecule has 4 aromatic carbocycles. The monoisotopic (exact) mass is 2020 g/mol. The van der Waals surface area contributed by atoms with Crippen LogP contribution >= 0.6 is 113 Å². The number of aliphatic carboxylic acids is 1. The molecule has 57 heteroatoms. The zero-order valence-electron chi connectivity index (χ0n) is 70.5. The summed E-state index contributed by atoms with van der Waals surface area (Å²) in [7, 11) is 0.912. The van der Waals surface area contributed by atoms with Gasteiger partial charge in [-0.3, -0.25) is 61.5 Å². The Labute approximate surface area is 758 Å². The number of halogens is 7. The number of phenolic OH excluding ortho intramolecular Hbond substituents is 1.